The topological polar surface area (TPSA) is 91.2 Å². The number of nitrogens with two attached hydrogens (primary N) is 2. The molecule has 0 aliphatic rings. The molecule has 0 unspecified atom stereocenters. The lowest BCUT2D eigenvalue weighted by Gasteiger charge is -2.08. The molecule has 1 aromatic carbocycles. The van der Waals surface area contributed by atoms with Gasteiger partial charge >= 0.3 is 0 Å². The van der Waals surface area contributed by atoms with Crippen molar-refractivity contribution in [1.82, 2.24) is 4.98 Å². The van der Waals surface area contributed by atoms with Crippen molar-refractivity contribution in [3.05, 3.63) is 40.4 Å². The van der Waals surface area contributed by atoms with Crippen LogP contribution in [0.2, 0.25) is 0 Å². The van der Waals surface area contributed by atoms with E-state index in [-0.39, 0.29) is 12.4 Å². The fraction of sp³-hybridized carbons (Fsp3) is 0.0909. The van der Waals surface area contributed by atoms with Crippen LogP contribution in [0.3, 0.4) is 0 Å². The highest BCUT2D eigenvalue weighted by atomic mass is 32.1. The number of rotatable bonds is 4. The number of nitrogens with zero attached hydrogens (tertiary/aromatic N) is 1. The van der Waals surface area contributed by atoms with Gasteiger partial charge in [-0.25, -0.2) is 13.8 Å². The lowest BCUT2D eigenvalue weighted by atomic mass is 10.1. The van der Waals surface area contributed by atoms with Gasteiger partial charge in [0.15, 0.2) is 16.7 Å². The van der Waals surface area contributed by atoms with Crippen molar-refractivity contribution >= 4 is 22.4 Å². The Morgan fingerprint density at radius 1 is 1.42 bits per heavy atom. The molecule has 4 N–H and O–H groups in total. The Morgan fingerprint density at radius 2 is 2.16 bits per heavy atom. The van der Waals surface area contributed by atoms with E-state index in [1.165, 1.54) is 11.3 Å². The summed E-state index contributed by atoms with van der Waals surface area (Å²) in [7, 11) is 0. The number of hydrogen-bond acceptors (Lipinski definition) is 5. The number of nitrogen functional groups attached to an aromatic ring is 1. The van der Waals surface area contributed by atoms with Gasteiger partial charge in [-0.05, 0) is 12.1 Å². The maximum atomic E-state index is 13.8. The first-order chi connectivity index (χ1) is 8.99. The lowest BCUT2D eigenvalue weighted by molar-refractivity contribution is 0.0991. The molecule has 100 valence electrons. The van der Waals surface area contributed by atoms with E-state index in [0.29, 0.717) is 10.8 Å². The Labute approximate surface area is 110 Å². The first kappa shape index (κ1) is 13.2. The number of primary amides is 1. The minimum Gasteiger partial charge on any atom is -0.484 e. The molecule has 0 aliphatic carbocycles. The molecule has 2 rings (SSSR count). The number of hydrogen-bond donors (Lipinski definition) is 2. The van der Waals surface area contributed by atoms with Crippen molar-refractivity contribution < 1.29 is 18.3 Å². The van der Waals surface area contributed by atoms with Crippen LogP contribution in [0.15, 0.2) is 17.5 Å². The molecule has 0 aliphatic heterocycles. The summed E-state index contributed by atoms with van der Waals surface area (Å²) in [6.45, 7) is -0.0472. The highest BCUT2D eigenvalue weighted by Gasteiger charge is 2.19. The van der Waals surface area contributed by atoms with Gasteiger partial charge in [0.2, 0.25) is 0 Å². The predicted molar refractivity (Wildman–Crippen MR) is 65.7 cm³/mol. The number of carbonyl (C=O) groups is 1. The summed E-state index contributed by atoms with van der Waals surface area (Å²) < 4.78 is 32.1. The SMILES string of the molecule is NC(=O)c1c(F)ccc(OCc2csc(N)n2)c1F. The van der Waals surface area contributed by atoms with Crippen molar-refractivity contribution in [2.45, 2.75) is 6.61 Å². The molecule has 19 heavy (non-hydrogen) atoms. The van der Waals surface area contributed by atoms with Gasteiger partial charge in [0, 0.05) is 5.38 Å². The molecule has 0 radical (unpaired) electrons. The van der Waals surface area contributed by atoms with E-state index in [9.17, 15) is 13.6 Å². The second-order valence-corrected chi connectivity index (χ2v) is 4.45. The van der Waals surface area contributed by atoms with Crippen molar-refractivity contribution in [2.75, 3.05) is 5.73 Å². The van der Waals surface area contributed by atoms with Crippen molar-refractivity contribution in [3.8, 4) is 5.75 Å². The van der Waals surface area contributed by atoms with Gasteiger partial charge in [-0.1, -0.05) is 0 Å². The molecule has 0 atom stereocenters. The number of anilines is 1. The number of amides is 1. The first-order valence-corrected chi connectivity index (χ1v) is 5.97. The standard InChI is InChI=1S/C11H9F2N3O2S/c12-6-1-2-7(9(13)8(6)10(14)17)18-3-5-4-19-11(15)16-5/h1-2,4H,3H2,(H2,14,17)(H2,15,16). The van der Waals surface area contributed by atoms with E-state index >= 15 is 0 Å². The zero-order chi connectivity index (χ0) is 14.0. The first-order valence-electron chi connectivity index (χ1n) is 5.09. The minimum absolute atomic E-state index is 0.0472. The average Bonchev–Trinajstić information content (AvgIpc) is 2.74. The summed E-state index contributed by atoms with van der Waals surface area (Å²) in [6.07, 6.45) is 0. The predicted octanol–water partition coefficient (Wildman–Crippen LogP) is 1.68. The van der Waals surface area contributed by atoms with Crippen LogP contribution >= 0.6 is 11.3 Å². The Balaban J connectivity index is 2.21. The van der Waals surface area contributed by atoms with Crippen LogP contribution in [0, 0.1) is 11.6 Å². The minimum atomic E-state index is -1.20. The van der Waals surface area contributed by atoms with E-state index in [1.54, 1.807) is 5.38 Å². The molecule has 0 spiro atoms. The van der Waals surface area contributed by atoms with E-state index in [1.807, 2.05) is 0 Å². The maximum absolute atomic E-state index is 13.8. The molecule has 1 aromatic heterocycles. The number of ether oxygens (including phenoxy) is 1. The van der Waals surface area contributed by atoms with Crippen LogP contribution in [-0.2, 0) is 6.61 Å². The average molecular weight is 285 g/mol. The highest BCUT2D eigenvalue weighted by molar-refractivity contribution is 7.13. The molecular formula is C11H9F2N3O2S. The van der Waals surface area contributed by atoms with Crippen LogP contribution in [0.1, 0.15) is 16.1 Å². The van der Waals surface area contributed by atoms with Crippen LogP contribution in [0.25, 0.3) is 0 Å². The summed E-state index contributed by atoms with van der Waals surface area (Å²) in [5.41, 5.74) is 10.0. The second-order valence-electron chi connectivity index (χ2n) is 3.56. The second kappa shape index (κ2) is 5.19. The quantitative estimate of drug-likeness (QED) is 0.894. The lowest BCUT2D eigenvalue weighted by Crippen LogP contribution is -2.16. The van der Waals surface area contributed by atoms with E-state index in [4.69, 9.17) is 16.2 Å². The molecule has 0 bridgehead atoms. The molecule has 1 amide bonds. The van der Waals surface area contributed by atoms with E-state index in [2.05, 4.69) is 4.98 Å². The summed E-state index contributed by atoms with van der Waals surface area (Å²) >= 11 is 1.21. The molecule has 0 saturated heterocycles. The van der Waals surface area contributed by atoms with Crippen LogP contribution in [-0.4, -0.2) is 10.9 Å². The van der Waals surface area contributed by atoms with Crippen molar-refractivity contribution in [2.24, 2.45) is 5.73 Å². The molecular weight excluding hydrogens is 276 g/mol. The molecule has 8 heteroatoms. The van der Waals surface area contributed by atoms with Gasteiger partial charge in [-0.3, -0.25) is 4.79 Å². The molecule has 1 heterocycles. The van der Waals surface area contributed by atoms with Gasteiger partial charge in [0.1, 0.15) is 18.0 Å². The number of benzene rings is 1. The Hall–Kier alpha value is -2.22. The zero-order valence-electron chi connectivity index (χ0n) is 9.52. The molecule has 5 nitrogen and oxygen atoms in total. The summed E-state index contributed by atoms with van der Waals surface area (Å²) in [4.78, 5) is 14.8. The smallest absolute Gasteiger partial charge is 0.254 e. The fourth-order valence-corrected chi connectivity index (χ4v) is 1.96. The van der Waals surface area contributed by atoms with E-state index in [0.717, 1.165) is 12.1 Å². The number of carbonyl (C=O) groups excluding carboxylic acids is 1. The van der Waals surface area contributed by atoms with E-state index < -0.39 is 23.1 Å². The molecule has 0 fully saturated rings. The van der Waals surface area contributed by atoms with Crippen molar-refractivity contribution in [1.29, 1.82) is 0 Å². The summed E-state index contributed by atoms with van der Waals surface area (Å²) in [6, 6.07) is 1.99. The monoisotopic (exact) mass is 285 g/mol. The number of thiazole rings is 1. The summed E-state index contributed by atoms with van der Waals surface area (Å²) in [5, 5.41) is 2.00. The summed E-state index contributed by atoms with van der Waals surface area (Å²) in [5.74, 6) is -3.63. The number of aromatic nitrogens is 1. The third-order valence-corrected chi connectivity index (χ3v) is 2.97. The molecule has 0 saturated carbocycles. The Morgan fingerprint density at radius 3 is 2.74 bits per heavy atom. The zero-order valence-corrected chi connectivity index (χ0v) is 10.3. The third kappa shape index (κ3) is 2.79. The molecule has 2 aromatic rings. The fourth-order valence-electron chi connectivity index (χ4n) is 1.41. The normalized spacial score (nSPS) is 10.4. The maximum Gasteiger partial charge on any atom is 0.254 e. The third-order valence-electron chi connectivity index (χ3n) is 2.25. The van der Waals surface area contributed by atoms with Crippen LogP contribution < -0.4 is 16.2 Å². The van der Waals surface area contributed by atoms with Gasteiger partial charge in [0.05, 0.1) is 5.69 Å². The van der Waals surface area contributed by atoms with Gasteiger partial charge in [-0.15, -0.1) is 11.3 Å². The van der Waals surface area contributed by atoms with Crippen molar-refractivity contribution in [3.63, 3.8) is 0 Å². The Kier molecular flexibility index (Phi) is 3.61. The Bertz CT molecular complexity index is 630. The van der Waals surface area contributed by atoms with Gasteiger partial charge in [0.25, 0.3) is 5.91 Å². The highest BCUT2D eigenvalue weighted by Crippen LogP contribution is 2.24. The van der Waals surface area contributed by atoms with Gasteiger partial charge < -0.3 is 16.2 Å². The largest absolute Gasteiger partial charge is 0.484 e. The number of halogens is 2. The van der Waals surface area contributed by atoms with Crippen LogP contribution in [0.4, 0.5) is 13.9 Å². The van der Waals surface area contributed by atoms with Gasteiger partial charge in [-0.2, -0.15) is 0 Å². The van der Waals surface area contributed by atoms with Crippen LogP contribution in [0.5, 0.6) is 5.75 Å².